The molecule has 0 aliphatic carbocycles. The molecule has 0 spiro atoms. The molecule has 3 aromatic rings. The number of hydrogen-bond acceptors (Lipinski definition) is 3. The summed E-state index contributed by atoms with van der Waals surface area (Å²) in [4.78, 5) is 28.7. The average Bonchev–Trinajstić information content (AvgIpc) is 2.87. The van der Waals surface area contributed by atoms with Crippen LogP contribution >= 0.6 is 23.2 Å². The summed E-state index contributed by atoms with van der Waals surface area (Å²) in [5.41, 5.74) is 2.75. The number of ether oxygens (including phenoxy) is 1. The third kappa shape index (κ3) is 8.00. The van der Waals surface area contributed by atoms with E-state index in [1.807, 2.05) is 75.4 Å². The Morgan fingerprint density at radius 1 is 0.944 bits per heavy atom. The van der Waals surface area contributed by atoms with Crippen LogP contribution in [0.25, 0.3) is 0 Å². The Bertz CT molecular complexity index is 1170. The first-order valence-corrected chi connectivity index (χ1v) is 12.8. The molecule has 0 fully saturated rings. The molecule has 2 atom stereocenters. The van der Waals surface area contributed by atoms with Gasteiger partial charge in [0.05, 0.1) is 10.0 Å². The lowest BCUT2D eigenvalue weighted by molar-refractivity contribution is -0.143. The van der Waals surface area contributed by atoms with Gasteiger partial charge in [-0.25, -0.2) is 0 Å². The van der Waals surface area contributed by atoms with Crippen LogP contribution in [0.15, 0.2) is 72.8 Å². The van der Waals surface area contributed by atoms with Gasteiger partial charge >= 0.3 is 0 Å². The van der Waals surface area contributed by atoms with E-state index in [0.29, 0.717) is 22.2 Å². The lowest BCUT2D eigenvalue weighted by Gasteiger charge is -2.32. The number of aryl methyl sites for hydroxylation is 1. The van der Waals surface area contributed by atoms with Crippen molar-refractivity contribution in [3.8, 4) is 5.75 Å². The molecule has 1 N–H and O–H groups in total. The molecular formula is C29H32Cl2N2O3. The number of amides is 2. The molecule has 0 aliphatic rings. The molecule has 3 rings (SSSR count). The first kappa shape index (κ1) is 27.6. The molecule has 0 bridgehead atoms. The number of carbonyl (C=O) groups excluding carboxylic acids is 2. The lowest BCUT2D eigenvalue weighted by Crippen LogP contribution is -2.53. The number of rotatable bonds is 11. The fourth-order valence-electron chi connectivity index (χ4n) is 3.76. The molecule has 36 heavy (non-hydrogen) atoms. The van der Waals surface area contributed by atoms with Crippen LogP contribution in [-0.2, 0) is 22.6 Å². The minimum absolute atomic E-state index is 0.0266. The number of carbonyl (C=O) groups is 2. The summed E-state index contributed by atoms with van der Waals surface area (Å²) >= 11 is 12.4. The topological polar surface area (TPSA) is 58.6 Å². The van der Waals surface area contributed by atoms with Gasteiger partial charge in [-0.2, -0.15) is 0 Å². The summed E-state index contributed by atoms with van der Waals surface area (Å²) in [6, 6.07) is 21.6. The Morgan fingerprint density at radius 3 is 2.36 bits per heavy atom. The molecule has 0 saturated carbocycles. The summed E-state index contributed by atoms with van der Waals surface area (Å²) < 4.78 is 5.82. The van der Waals surface area contributed by atoms with Gasteiger partial charge < -0.3 is 15.0 Å². The van der Waals surface area contributed by atoms with E-state index in [4.69, 9.17) is 27.9 Å². The Hall–Kier alpha value is -3.02. The van der Waals surface area contributed by atoms with E-state index in [1.165, 1.54) is 0 Å². The SMILES string of the molecule is CCC(C)NC(=O)C(Cc1ccccc1)N(Cc1ccc(Cl)c(Cl)c1)C(=O)COc1cccc(C)c1. The third-order valence-electron chi connectivity index (χ3n) is 5.96. The van der Waals surface area contributed by atoms with Crippen LogP contribution in [0.3, 0.4) is 0 Å². The highest BCUT2D eigenvalue weighted by atomic mass is 35.5. The first-order valence-electron chi connectivity index (χ1n) is 12.0. The maximum absolute atomic E-state index is 13.6. The minimum atomic E-state index is -0.746. The number of hydrogen-bond donors (Lipinski definition) is 1. The van der Waals surface area contributed by atoms with Gasteiger partial charge in [0.15, 0.2) is 6.61 Å². The predicted molar refractivity (Wildman–Crippen MR) is 146 cm³/mol. The van der Waals surface area contributed by atoms with Crippen molar-refractivity contribution in [2.75, 3.05) is 6.61 Å². The monoisotopic (exact) mass is 526 g/mol. The molecule has 0 aliphatic heterocycles. The summed E-state index contributed by atoms with van der Waals surface area (Å²) in [7, 11) is 0. The van der Waals surface area contributed by atoms with Gasteiger partial charge in [0.2, 0.25) is 5.91 Å². The van der Waals surface area contributed by atoms with Gasteiger partial charge in [-0.05, 0) is 61.2 Å². The third-order valence-corrected chi connectivity index (χ3v) is 6.70. The standard InChI is InChI=1S/C29H32Cl2N2O3/c1-4-21(3)32-29(35)27(17-22-10-6-5-7-11-22)33(18-23-13-14-25(30)26(31)16-23)28(34)19-36-24-12-8-9-20(2)15-24/h5-16,21,27H,4,17-19H2,1-3H3,(H,32,35). The molecule has 0 aromatic heterocycles. The summed E-state index contributed by atoms with van der Waals surface area (Å²) in [6.07, 6.45) is 1.14. The molecule has 2 unspecified atom stereocenters. The number of halogens is 2. The van der Waals surface area contributed by atoms with Crippen molar-refractivity contribution >= 4 is 35.0 Å². The molecule has 5 nitrogen and oxygen atoms in total. The van der Waals surface area contributed by atoms with Gasteiger partial charge in [0, 0.05) is 19.0 Å². The zero-order valence-electron chi connectivity index (χ0n) is 20.8. The van der Waals surface area contributed by atoms with E-state index < -0.39 is 6.04 Å². The van der Waals surface area contributed by atoms with Crippen molar-refractivity contribution in [3.63, 3.8) is 0 Å². The molecular weight excluding hydrogens is 495 g/mol. The maximum atomic E-state index is 13.6. The highest BCUT2D eigenvalue weighted by Gasteiger charge is 2.31. The second-order valence-electron chi connectivity index (χ2n) is 8.90. The Kier molecular flexibility index (Phi) is 10.2. The molecule has 190 valence electrons. The van der Waals surface area contributed by atoms with Gasteiger partial charge in [-0.3, -0.25) is 9.59 Å². The average molecular weight is 527 g/mol. The summed E-state index contributed by atoms with van der Waals surface area (Å²) in [5.74, 6) is 0.0847. The molecule has 0 radical (unpaired) electrons. The van der Waals surface area contributed by atoms with Crippen LogP contribution in [0.4, 0.5) is 0 Å². The van der Waals surface area contributed by atoms with E-state index in [-0.39, 0.29) is 31.0 Å². The fourth-order valence-corrected chi connectivity index (χ4v) is 4.08. The van der Waals surface area contributed by atoms with Crippen molar-refractivity contribution in [1.29, 1.82) is 0 Å². The smallest absolute Gasteiger partial charge is 0.261 e. The number of benzene rings is 3. The van der Waals surface area contributed by atoms with Crippen LogP contribution < -0.4 is 10.1 Å². The minimum Gasteiger partial charge on any atom is -0.484 e. The van der Waals surface area contributed by atoms with Gasteiger partial charge in [0.25, 0.3) is 5.91 Å². The quantitative estimate of drug-likeness (QED) is 0.322. The second-order valence-corrected chi connectivity index (χ2v) is 9.71. The van der Waals surface area contributed by atoms with Crippen molar-refractivity contribution in [2.45, 2.75) is 52.2 Å². The largest absolute Gasteiger partial charge is 0.484 e. The predicted octanol–water partition coefficient (Wildman–Crippen LogP) is 6.24. The van der Waals surface area contributed by atoms with Crippen LogP contribution in [0.5, 0.6) is 5.75 Å². The number of nitrogens with zero attached hydrogens (tertiary/aromatic N) is 1. The Morgan fingerprint density at radius 2 is 1.69 bits per heavy atom. The highest BCUT2D eigenvalue weighted by Crippen LogP contribution is 2.24. The van der Waals surface area contributed by atoms with Crippen molar-refractivity contribution in [1.82, 2.24) is 10.2 Å². The van der Waals surface area contributed by atoms with Gasteiger partial charge in [-0.15, -0.1) is 0 Å². The fraction of sp³-hybridized carbons (Fsp3) is 0.310. The zero-order chi connectivity index (χ0) is 26.1. The van der Waals surface area contributed by atoms with E-state index >= 15 is 0 Å². The Balaban J connectivity index is 1.93. The van der Waals surface area contributed by atoms with Crippen LogP contribution in [0.2, 0.25) is 10.0 Å². The molecule has 0 heterocycles. The normalized spacial score (nSPS) is 12.5. The van der Waals surface area contributed by atoms with Crippen molar-refractivity contribution in [3.05, 3.63) is 99.5 Å². The molecule has 7 heteroatoms. The first-order chi connectivity index (χ1) is 17.3. The van der Waals surface area contributed by atoms with E-state index in [0.717, 1.165) is 23.1 Å². The van der Waals surface area contributed by atoms with Gasteiger partial charge in [-0.1, -0.05) is 78.7 Å². The van der Waals surface area contributed by atoms with Crippen LogP contribution in [0, 0.1) is 6.92 Å². The second kappa shape index (κ2) is 13.3. The van der Waals surface area contributed by atoms with Crippen molar-refractivity contribution in [2.24, 2.45) is 0 Å². The number of nitrogens with one attached hydrogen (secondary N) is 1. The maximum Gasteiger partial charge on any atom is 0.261 e. The highest BCUT2D eigenvalue weighted by molar-refractivity contribution is 6.42. The molecule has 2 amide bonds. The van der Waals surface area contributed by atoms with Crippen LogP contribution in [0.1, 0.15) is 37.0 Å². The molecule has 3 aromatic carbocycles. The van der Waals surface area contributed by atoms with E-state index in [9.17, 15) is 9.59 Å². The summed E-state index contributed by atoms with van der Waals surface area (Å²) in [6.45, 7) is 5.89. The van der Waals surface area contributed by atoms with Gasteiger partial charge in [0.1, 0.15) is 11.8 Å². The van der Waals surface area contributed by atoms with Crippen molar-refractivity contribution < 1.29 is 14.3 Å². The van der Waals surface area contributed by atoms with E-state index in [2.05, 4.69) is 5.32 Å². The zero-order valence-corrected chi connectivity index (χ0v) is 22.4. The van der Waals surface area contributed by atoms with E-state index in [1.54, 1.807) is 23.1 Å². The summed E-state index contributed by atoms with van der Waals surface area (Å²) in [5, 5.41) is 3.87. The molecule has 0 saturated heterocycles. The Labute approximate surface area is 223 Å². The lowest BCUT2D eigenvalue weighted by atomic mass is 10.0. The van der Waals surface area contributed by atoms with Crippen LogP contribution in [-0.4, -0.2) is 35.4 Å².